The van der Waals surface area contributed by atoms with Crippen molar-refractivity contribution in [2.24, 2.45) is 0 Å². The molecule has 9 heteroatoms. The van der Waals surface area contributed by atoms with Gasteiger partial charge in [0.2, 0.25) is 0 Å². The van der Waals surface area contributed by atoms with Gasteiger partial charge in [-0.15, -0.1) is 0 Å². The van der Waals surface area contributed by atoms with Crippen molar-refractivity contribution in [2.45, 2.75) is 31.5 Å². The van der Waals surface area contributed by atoms with Crippen LogP contribution in [0.25, 0.3) is 0 Å². The number of carbonyl (C=O) groups is 2. The summed E-state index contributed by atoms with van der Waals surface area (Å²) < 4.78 is 45.1. The lowest BCUT2D eigenvalue weighted by Crippen LogP contribution is -2.42. The molecule has 1 rings (SSSR count). The molecule has 116 valence electrons. The fourth-order valence-corrected chi connectivity index (χ4v) is 1.75. The van der Waals surface area contributed by atoms with Crippen molar-refractivity contribution >= 4 is 12.1 Å². The van der Waals surface area contributed by atoms with Crippen molar-refractivity contribution in [3.63, 3.8) is 0 Å². The third-order valence-electron chi connectivity index (χ3n) is 2.73. The van der Waals surface area contributed by atoms with Gasteiger partial charge in [0, 0.05) is 13.1 Å². The Morgan fingerprint density at radius 3 is 2.35 bits per heavy atom. The summed E-state index contributed by atoms with van der Waals surface area (Å²) in [5.74, 6) is -0.960. The van der Waals surface area contributed by atoms with Gasteiger partial charge in [-0.05, 0) is 12.8 Å². The summed E-state index contributed by atoms with van der Waals surface area (Å²) in [7, 11) is 0. The van der Waals surface area contributed by atoms with E-state index in [0.29, 0.717) is 12.8 Å². The van der Waals surface area contributed by atoms with E-state index in [9.17, 15) is 22.8 Å². The van der Waals surface area contributed by atoms with Crippen LogP contribution >= 0.6 is 0 Å². The van der Waals surface area contributed by atoms with E-state index in [1.165, 1.54) is 4.90 Å². The largest absolute Gasteiger partial charge is 0.481 e. The minimum Gasteiger partial charge on any atom is -0.481 e. The number of halogens is 3. The van der Waals surface area contributed by atoms with Crippen molar-refractivity contribution in [3.05, 3.63) is 0 Å². The quantitative estimate of drug-likeness (QED) is 0.835. The van der Waals surface area contributed by atoms with Crippen molar-refractivity contribution in [1.82, 2.24) is 4.90 Å². The number of alkyl halides is 3. The van der Waals surface area contributed by atoms with Gasteiger partial charge in [-0.3, -0.25) is 4.79 Å². The topological polar surface area (TPSA) is 76.1 Å². The van der Waals surface area contributed by atoms with Gasteiger partial charge in [-0.25, -0.2) is 4.79 Å². The van der Waals surface area contributed by atoms with Gasteiger partial charge in [0.25, 0.3) is 0 Å². The number of amides is 1. The second-order valence-corrected chi connectivity index (χ2v) is 4.37. The van der Waals surface area contributed by atoms with E-state index >= 15 is 0 Å². The summed E-state index contributed by atoms with van der Waals surface area (Å²) in [5, 5.41) is 8.44. The number of ether oxygens (including phenoxy) is 2. The summed E-state index contributed by atoms with van der Waals surface area (Å²) in [6.07, 6.45) is -4.92. The Balaban J connectivity index is 2.21. The average molecular weight is 299 g/mol. The highest BCUT2D eigenvalue weighted by Crippen LogP contribution is 2.18. The first-order valence-corrected chi connectivity index (χ1v) is 6.10. The summed E-state index contributed by atoms with van der Waals surface area (Å²) >= 11 is 0. The second-order valence-electron chi connectivity index (χ2n) is 4.37. The van der Waals surface area contributed by atoms with Crippen LogP contribution in [0.5, 0.6) is 0 Å². The zero-order valence-corrected chi connectivity index (χ0v) is 10.7. The first-order chi connectivity index (χ1) is 9.28. The van der Waals surface area contributed by atoms with Gasteiger partial charge < -0.3 is 19.5 Å². The number of piperidine rings is 1. The molecule has 1 saturated heterocycles. The number of hydrogen-bond acceptors (Lipinski definition) is 4. The van der Waals surface area contributed by atoms with Gasteiger partial charge in [0.1, 0.15) is 0 Å². The number of carboxylic acid groups (broad SMARTS) is 1. The van der Waals surface area contributed by atoms with Crippen molar-refractivity contribution in [3.8, 4) is 0 Å². The van der Waals surface area contributed by atoms with E-state index < -0.39 is 24.8 Å². The summed E-state index contributed by atoms with van der Waals surface area (Å²) in [5.41, 5.74) is 0. The zero-order valence-electron chi connectivity index (χ0n) is 10.7. The second kappa shape index (κ2) is 7.32. The Hall–Kier alpha value is -1.51. The van der Waals surface area contributed by atoms with Crippen LogP contribution in [0.3, 0.4) is 0 Å². The maximum atomic E-state index is 11.9. The molecule has 1 fully saturated rings. The molecule has 20 heavy (non-hydrogen) atoms. The van der Waals surface area contributed by atoms with Crippen LogP contribution in [-0.2, 0) is 14.3 Å². The Morgan fingerprint density at radius 2 is 1.85 bits per heavy atom. The molecule has 0 atom stereocenters. The smallest absolute Gasteiger partial charge is 0.422 e. The Kier molecular flexibility index (Phi) is 6.05. The molecule has 0 saturated carbocycles. The lowest BCUT2D eigenvalue weighted by Gasteiger charge is -2.31. The Morgan fingerprint density at radius 1 is 1.25 bits per heavy atom. The molecule has 1 N–H and O–H groups in total. The lowest BCUT2D eigenvalue weighted by molar-refractivity contribution is -0.163. The third-order valence-corrected chi connectivity index (χ3v) is 2.73. The summed E-state index contributed by atoms with van der Waals surface area (Å²) in [6.45, 7) is -1.05. The van der Waals surface area contributed by atoms with Crippen LogP contribution in [-0.4, -0.2) is 60.7 Å². The molecule has 0 unspecified atom stereocenters. The molecular formula is C11H16F3NO5. The van der Waals surface area contributed by atoms with Crippen LogP contribution < -0.4 is 0 Å². The maximum Gasteiger partial charge on any atom is 0.422 e. The molecule has 0 aliphatic carbocycles. The van der Waals surface area contributed by atoms with Crippen molar-refractivity contribution < 1.29 is 37.3 Å². The molecule has 1 aliphatic rings. The molecule has 1 amide bonds. The molecular weight excluding hydrogens is 283 g/mol. The first kappa shape index (κ1) is 16.5. The monoisotopic (exact) mass is 299 g/mol. The minimum atomic E-state index is -4.53. The van der Waals surface area contributed by atoms with Crippen molar-refractivity contribution in [1.29, 1.82) is 0 Å². The molecule has 1 heterocycles. The fraction of sp³-hybridized carbons (Fsp3) is 0.818. The maximum absolute atomic E-state index is 11.9. The number of hydrogen-bond donors (Lipinski definition) is 1. The number of nitrogens with zero attached hydrogens (tertiary/aromatic N) is 1. The van der Waals surface area contributed by atoms with Gasteiger partial charge in [-0.2, -0.15) is 13.2 Å². The van der Waals surface area contributed by atoms with Crippen molar-refractivity contribution in [2.75, 3.05) is 26.3 Å². The van der Waals surface area contributed by atoms with E-state index in [1.54, 1.807) is 0 Å². The fourth-order valence-electron chi connectivity index (χ4n) is 1.75. The molecule has 6 nitrogen and oxygen atoms in total. The van der Waals surface area contributed by atoms with Crippen LogP contribution in [0.15, 0.2) is 0 Å². The van der Waals surface area contributed by atoms with E-state index in [1.807, 2.05) is 0 Å². The highest BCUT2D eigenvalue weighted by molar-refractivity contribution is 5.67. The number of carbonyl (C=O) groups excluding carboxylic acids is 1. The normalized spacial score (nSPS) is 17.1. The third kappa shape index (κ3) is 6.60. The molecule has 0 aromatic rings. The van der Waals surface area contributed by atoms with E-state index in [-0.39, 0.29) is 32.2 Å². The average Bonchev–Trinajstić information content (AvgIpc) is 2.35. The Bertz CT molecular complexity index is 339. The van der Waals surface area contributed by atoms with Gasteiger partial charge in [0.05, 0.1) is 19.1 Å². The SMILES string of the molecule is O=C(O)CCOC1CCN(C(=O)OCC(F)(F)F)CC1. The van der Waals surface area contributed by atoms with Gasteiger partial charge >= 0.3 is 18.2 Å². The highest BCUT2D eigenvalue weighted by Gasteiger charge is 2.31. The molecule has 0 spiro atoms. The number of carboxylic acids is 1. The van der Waals surface area contributed by atoms with Crippen LogP contribution in [0, 0.1) is 0 Å². The van der Waals surface area contributed by atoms with Crippen LogP contribution in [0.2, 0.25) is 0 Å². The van der Waals surface area contributed by atoms with Crippen LogP contribution in [0.4, 0.5) is 18.0 Å². The lowest BCUT2D eigenvalue weighted by atomic mass is 10.1. The molecule has 1 aliphatic heterocycles. The van der Waals surface area contributed by atoms with Crippen LogP contribution in [0.1, 0.15) is 19.3 Å². The highest BCUT2D eigenvalue weighted by atomic mass is 19.4. The zero-order chi connectivity index (χ0) is 15.2. The van der Waals surface area contributed by atoms with Gasteiger partial charge in [0.15, 0.2) is 6.61 Å². The Labute approximate surface area is 113 Å². The molecule has 0 aromatic carbocycles. The first-order valence-electron chi connectivity index (χ1n) is 6.10. The molecule has 0 aromatic heterocycles. The molecule has 0 radical (unpaired) electrons. The standard InChI is InChI=1S/C11H16F3NO5/c12-11(13,14)7-20-10(18)15-4-1-8(2-5-15)19-6-3-9(16)17/h8H,1-7H2,(H,16,17). The molecule has 0 bridgehead atoms. The van der Waals surface area contributed by atoms with E-state index in [0.717, 1.165) is 0 Å². The van der Waals surface area contributed by atoms with E-state index in [4.69, 9.17) is 9.84 Å². The number of aliphatic carboxylic acids is 1. The number of likely N-dealkylation sites (tertiary alicyclic amines) is 1. The summed E-state index contributed by atoms with van der Waals surface area (Å²) in [4.78, 5) is 22.8. The number of rotatable bonds is 5. The predicted octanol–water partition coefficient (Wildman–Crippen LogP) is 1.64. The minimum absolute atomic E-state index is 0.0819. The van der Waals surface area contributed by atoms with Gasteiger partial charge in [-0.1, -0.05) is 0 Å². The van der Waals surface area contributed by atoms with E-state index in [2.05, 4.69) is 4.74 Å². The summed E-state index contributed by atoms with van der Waals surface area (Å²) in [6, 6.07) is 0. The predicted molar refractivity (Wildman–Crippen MR) is 60.2 cm³/mol.